The molecule has 0 radical (unpaired) electrons. The summed E-state index contributed by atoms with van der Waals surface area (Å²) in [4.78, 5) is 0. The highest BCUT2D eigenvalue weighted by molar-refractivity contribution is 7.91. The summed E-state index contributed by atoms with van der Waals surface area (Å²) in [5.74, 6) is 0. The van der Waals surface area contributed by atoms with Gasteiger partial charge in [0.1, 0.15) is 4.21 Å². The lowest BCUT2D eigenvalue weighted by molar-refractivity contribution is 0.310. The highest BCUT2D eigenvalue weighted by Gasteiger charge is 2.30. The van der Waals surface area contributed by atoms with Gasteiger partial charge in [-0.15, -0.1) is 11.3 Å². The number of rotatable bonds is 2. The van der Waals surface area contributed by atoms with Crippen molar-refractivity contribution in [1.82, 2.24) is 9.62 Å². The predicted molar refractivity (Wildman–Crippen MR) is 65.3 cm³/mol. The summed E-state index contributed by atoms with van der Waals surface area (Å²) >= 11 is 1.30. The Morgan fingerprint density at radius 3 is 2.88 bits per heavy atom. The SMILES string of the molecule is Cc1ccsc1S(=O)(=O)N1CCNC(C)C1. The number of aryl methyl sites for hydroxylation is 1. The molecule has 1 N–H and O–H groups in total. The molecule has 1 aromatic heterocycles. The molecule has 1 aliphatic heterocycles. The zero-order valence-corrected chi connectivity index (χ0v) is 11.1. The summed E-state index contributed by atoms with van der Waals surface area (Å²) in [6, 6.07) is 2.08. The van der Waals surface area contributed by atoms with Crippen LogP contribution in [0.5, 0.6) is 0 Å². The molecule has 16 heavy (non-hydrogen) atoms. The van der Waals surface area contributed by atoms with E-state index in [-0.39, 0.29) is 6.04 Å². The van der Waals surface area contributed by atoms with Crippen molar-refractivity contribution in [3.05, 3.63) is 17.0 Å². The summed E-state index contributed by atoms with van der Waals surface area (Å²) in [6.45, 7) is 5.69. The molecule has 0 saturated carbocycles. The molecule has 2 rings (SSSR count). The molecule has 90 valence electrons. The topological polar surface area (TPSA) is 49.4 Å². The summed E-state index contributed by atoms with van der Waals surface area (Å²) in [5, 5.41) is 5.07. The highest BCUT2D eigenvalue weighted by atomic mass is 32.2. The van der Waals surface area contributed by atoms with Crippen LogP contribution in [0, 0.1) is 6.92 Å². The molecule has 0 amide bonds. The standard InChI is InChI=1S/C10H16N2O2S2/c1-8-3-6-15-10(8)16(13,14)12-5-4-11-9(2)7-12/h3,6,9,11H,4-5,7H2,1-2H3. The van der Waals surface area contributed by atoms with Crippen LogP contribution in [0.25, 0.3) is 0 Å². The third-order valence-corrected chi connectivity index (χ3v) is 6.25. The number of piperazine rings is 1. The summed E-state index contributed by atoms with van der Waals surface area (Å²) < 4.78 is 26.7. The van der Waals surface area contributed by atoms with Crippen molar-refractivity contribution < 1.29 is 8.42 Å². The minimum Gasteiger partial charge on any atom is -0.312 e. The summed E-state index contributed by atoms with van der Waals surface area (Å²) in [7, 11) is -3.27. The summed E-state index contributed by atoms with van der Waals surface area (Å²) in [5.41, 5.74) is 0.844. The number of thiophene rings is 1. The molecule has 0 aromatic carbocycles. The molecule has 6 heteroatoms. The fourth-order valence-corrected chi connectivity index (χ4v) is 4.94. The monoisotopic (exact) mass is 260 g/mol. The maximum Gasteiger partial charge on any atom is 0.252 e. The van der Waals surface area contributed by atoms with E-state index >= 15 is 0 Å². The van der Waals surface area contributed by atoms with E-state index in [1.54, 1.807) is 4.31 Å². The second kappa shape index (κ2) is 4.44. The number of nitrogens with zero attached hydrogens (tertiary/aromatic N) is 1. The van der Waals surface area contributed by atoms with Gasteiger partial charge in [0.2, 0.25) is 0 Å². The lowest BCUT2D eigenvalue weighted by Crippen LogP contribution is -2.51. The third-order valence-electron chi connectivity index (χ3n) is 2.72. The van der Waals surface area contributed by atoms with E-state index < -0.39 is 10.0 Å². The Labute approximate surface area is 100 Å². The van der Waals surface area contributed by atoms with Gasteiger partial charge in [-0.05, 0) is 30.9 Å². The molecule has 1 unspecified atom stereocenters. The van der Waals surface area contributed by atoms with Crippen LogP contribution in [-0.2, 0) is 10.0 Å². The van der Waals surface area contributed by atoms with Gasteiger partial charge in [0, 0.05) is 25.7 Å². The maximum absolute atomic E-state index is 12.3. The van der Waals surface area contributed by atoms with Gasteiger partial charge in [-0.3, -0.25) is 0 Å². The van der Waals surface area contributed by atoms with E-state index in [4.69, 9.17) is 0 Å². The Hall–Kier alpha value is -0.430. The van der Waals surface area contributed by atoms with Crippen molar-refractivity contribution in [2.75, 3.05) is 19.6 Å². The van der Waals surface area contributed by atoms with Crippen LogP contribution >= 0.6 is 11.3 Å². The smallest absolute Gasteiger partial charge is 0.252 e. The Bertz CT molecular complexity index is 467. The van der Waals surface area contributed by atoms with Gasteiger partial charge in [0.15, 0.2) is 0 Å². The zero-order valence-electron chi connectivity index (χ0n) is 9.43. The molecule has 2 heterocycles. The van der Waals surface area contributed by atoms with Gasteiger partial charge < -0.3 is 5.32 Å². The lowest BCUT2D eigenvalue weighted by atomic mass is 10.3. The van der Waals surface area contributed by atoms with Crippen molar-refractivity contribution in [2.45, 2.75) is 24.1 Å². The van der Waals surface area contributed by atoms with E-state index in [1.807, 2.05) is 25.3 Å². The van der Waals surface area contributed by atoms with E-state index in [1.165, 1.54) is 11.3 Å². The fourth-order valence-electron chi connectivity index (χ4n) is 1.86. The largest absolute Gasteiger partial charge is 0.312 e. The van der Waals surface area contributed by atoms with Gasteiger partial charge in [0.25, 0.3) is 10.0 Å². The first-order valence-electron chi connectivity index (χ1n) is 5.29. The van der Waals surface area contributed by atoms with Crippen molar-refractivity contribution in [3.8, 4) is 0 Å². The van der Waals surface area contributed by atoms with E-state index in [2.05, 4.69) is 5.32 Å². The van der Waals surface area contributed by atoms with Gasteiger partial charge in [-0.2, -0.15) is 4.31 Å². The average Bonchev–Trinajstić information content (AvgIpc) is 2.65. The van der Waals surface area contributed by atoms with Crippen LogP contribution in [0.4, 0.5) is 0 Å². The maximum atomic E-state index is 12.3. The number of hydrogen-bond donors (Lipinski definition) is 1. The van der Waals surface area contributed by atoms with E-state index in [0.29, 0.717) is 17.3 Å². The molecule has 0 spiro atoms. The molecule has 1 aromatic rings. The first kappa shape index (κ1) is 12.0. The molecular formula is C10H16N2O2S2. The van der Waals surface area contributed by atoms with Gasteiger partial charge in [0.05, 0.1) is 0 Å². The van der Waals surface area contributed by atoms with Crippen LogP contribution in [-0.4, -0.2) is 38.4 Å². The van der Waals surface area contributed by atoms with Gasteiger partial charge >= 0.3 is 0 Å². The van der Waals surface area contributed by atoms with Crippen molar-refractivity contribution in [2.24, 2.45) is 0 Å². The van der Waals surface area contributed by atoms with Crippen LogP contribution in [0.1, 0.15) is 12.5 Å². The molecule has 1 atom stereocenters. The minimum atomic E-state index is -3.27. The molecular weight excluding hydrogens is 244 g/mol. The van der Waals surface area contributed by atoms with Crippen LogP contribution in [0.2, 0.25) is 0 Å². The number of sulfonamides is 1. The Morgan fingerprint density at radius 2 is 2.31 bits per heavy atom. The highest BCUT2D eigenvalue weighted by Crippen LogP contribution is 2.25. The number of hydrogen-bond acceptors (Lipinski definition) is 4. The molecule has 1 aliphatic rings. The quantitative estimate of drug-likeness (QED) is 0.864. The van der Waals surface area contributed by atoms with E-state index in [9.17, 15) is 8.42 Å². The fraction of sp³-hybridized carbons (Fsp3) is 0.600. The van der Waals surface area contributed by atoms with Crippen molar-refractivity contribution in [1.29, 1.82) is 0 Å². The predicted octanol–water partition coefficient (Wildman–Crippen LogP) is 1.04. The normalized spacial score (nSPS) is 23.5. The lowest BCUT2D eigenvalue weighted by Gasteiger charge is -2.30. The Balaban J connectivity index is 2.29. The Morgan fingerprint density at radius 1 is 1.56 bits per heavy atom. The number of nitrogens with one attached hydrogen (secondary N) is 1. The van der Waals surface area contributed by atoms with Gasteiger partial charge in [-0.25, -0.2) is 8.42 Å². The van der Waals surface area contributed by atoms with Gasteiger partial charge in [-0.1, -0.05) is 0 Å². The van der Waals surface area contributed by atoms with Crippen molar-refractivity contribution in [3.63, 3.8) is 0 Å². The molecule has 0 bridgehead atoms. The molecule has 0 aliphatic carbocycles. The minimum absolute atomic E-state index is 0.226. The van der Waals surface area contributed by atoms with E-state index in [0.717, 1.165) is 12.1 Å². The van der Waals surface area contributed by atoms with Crippen LogP contribution < -0.4 is 5.32 Å². The van der Waals surface area contributed by atoms with Crippen LogP contribution in [0.3, 0.4) is 0 Å². The zero-order chi connectivity index (χ0) is 11.8. The average molecular weight is 260 g/mol. The second-order valence-electron chi connectivity index (χ2n) is 4.11. The molecule has 1 saturated heterocycles. The first-order valence-corrected chi connectivity index (χ1v) is 7.61. The third kappa shape index (κ3) is 2.15. The summed E-state index contributed by atoms with van der Waals surface area (Å²) in [6.07, 6.45) is 0. The first-order chi connectivity index (χ1) is 7.51. The molecule has 4 nitrogen and oxygen atoms in total. The Kier molecular flexibility index (Phi) is 3.34. The molecule has 1 fully saturated rings. The van der Waals surface area contributed by atoms with Crippen LogP contribution in [0.15, 0.2) is 15.7 Å². The second-order valence-corrected chi connectivity index (χ2v) is 7.16. The van der Waals surface area contributed by atoms with Crippen molar-refractivity contribution >= 4 is 21.4 Å².